The Balaban J connectivity index is 0.943. The van der Waals surface area contributed by atoms with Gasteiger partial charge in [0, 0.05) is 34.1 Å². The topological polar surface area (TPSA) is 6.48 Å². The minimum atomic E-state index is -0.0961. The summed E-state index contributed by atoms with van der Waals surface area (Å²) in [4.78, 5) is 5.05. The molecule has 0 atom stereocenters. The van der Waals surface area contributed by atoms with Crippen LogP contribution in [-0.2, 0) is 30.1 Å². The zero-order valence-corrected chi connectivity index (χ0v) is 33.8. The highest BCUT2D eigenvalue weighted by Gasteiger charge is 2.47. The molecule has 0 N–H and O–H groups in total. The van der Waals surface area contributed by atoms with Crippen molar-refractivity contribution in [3.8, 4) is 11.1 Å². The molecular weight excluding hydrogens is 713 g/mol. The molecule has 2 heterocycles. The largest absolute Gasteiger partial charge is 0.341 e. The lowest BCUT2D eigenvalue weighted by atomic mass is 9.73. The summed E-state index contributed by atoms with van der Waals surface area (Å²) in [7, 11) is 0. The Morgan fingerprint density at radius 2 is 1.07 bits per heavy atom. The van der Waals surface area contributed by atoms with Crippen LogP contribution in [0.2, 0.25) is 0 Å². The SMILES string of the molecule is CC1(C)c2ccccc2N(c2cccc3c(/C=C/c4ccc5c(c4)C4(Cc6ccccc6C4)c4cc(N6CCCc7ccccc76)ccc4-5)cccc23)c2ccccc21. The van der Waals surface area contributed by atoms with Crippen LogP contribution in [0.15, 0.2) is 170 Å². The molecule has 8 aromatic carbocycles. The summed E-state index contributed by atoms with van der Waals surface area (Å²) in [6.07, 6.45) is 9.06. The molecule has 8 aromatic rings. The molecule has 0 saturated carbocycles. The molecule has 0 aromatic heterocycles. The first-order valence-electron chi connectivity index (χ1n) is 21.4. The predicted molar refractivity (Wildman–Crippen MR) is 248 cm³/mol. The maximum atomic E-state index is 2.56. The molecule has 0 saturated heterocycles. The molecule has 59 heavy (non-hydrogen) atoms. The number of hydrogen-bond acceptors (Lipinski definition) is 2. The third kappa shape index (κ3) is 5.12. The summed E-state index contributed by atoms with van der Waals surface area (Å²) in [5, 5.41) is 2.50. The van der Waals surface area contributed by atoms with Gasteiger partial charge in [0.15, 0.2) is 0 Å². The van der Waals surface area contributed by atoms with Crippen molar-refractivity contribution < 1.29 is 0 Å². The van der Waals surface area contributed by atoms with Crippen molar-refractivity contribution in [1.29, 1.82) is 0 Å². The van der Waals surface area contributed by atoms with Crippen LogP contribution in [0.1, 0.15) is 70.3 Å². The van der Waals surface area contributed by atoms with E-state index in [2.05, 4.69) is 206 Å². The van der Waals surface area contributed by atoms with Crippen LogP contribution in [-0.4, -0.2) is 6.54 Å². The summed E-state index contributed by atoms with van der Waals surface area (Å²) in [5.41, 5.74) is 21.5. The number of benzene rings is 8. The molecule has 12 rings (SSSR count). The monoisotopic (exact) mass is 758 g/mol. The second-order valence-corrected chi connectivity index (χ2v) is 17.7. The predicted octanol–water partition coefficient (Wildman–Crippen LogP) is 14.3. The average molecular weight is 759 g/mol. The van der Waals surface area contributed by atoms with E-state index in [1.54, 1.807) is 0 Å². The average Bonchev–Trinajstić information content (AvgIpc) is 3.80. The molecule has 0 radical (unpaired) electrons. The first kappa shape index (κ1) is 34.4. The normalized spacial score (nSPS) is 16.4. The molecule has 2 heteroatoms. The summed E-state index contributed by atoms with van der Waals surface area (Å²) in [6.45, 7) is 5.76. The van der Waals surface area contributed by atoms with Gasteiger partial charge in [0.2, 0.25) is 0 Å². The fourth-order valence-electron chi connectivity index (χ4n) is 11.3. The van der Waals surface area contributed by atoms with E-state index in [-0.39, 0.29) is 10.8 Å². The van der Waals surface area contributed by atoms with Crippen molar-refractivity contribution in [3.05, 3.63) is 220 Å². The van der Waals surface area contributed by atoms with Gasteiger partial charge >= 0.3 is 0 Å². The first-order chi connectivity index (χ1) is 29.0. The highest BCUT2D eigenvalue weighted by Crippen LogP contribution is 2.57. The van der Waals surface area contributed by atoms with Crippen LogP contribution >= 0.6 is 0 Å². The van der Waals surface area contributed by atoms with Gasteiger partial charge in [-0.15, -0.1) is 0 Å². The lowest BCUT2D eigenvalue weighted by Gasteiger charge is -2.42. The van der Waals surface area contributed by atoms with Gasteiger partial charge in [-0.25, -0.2) is 0 Å². The maximum absolute atomic E-state index is 2.56. The number of hydrogen-bond donors (Lipinski definition) is 0. The van der Waals surface area contributed by atoms with E-state index in [0.717, 1.165) is 25.8 Å². The lowest BCUT2D eigenvalue weighted by Crippen LogP contribution is -2.30. The van der Waals surface area contributed by atoms with Gasteiger partial charge in [-0.05, 0) is 129 Å². The third-order valence-corrected chi connectivity index (χ3v) is 14.2. The van der Waals surface area contributed by atoms with Gasteiger partial charge in [-0.3, -0.25) is 0 Å². The Hall–Kier alpha value is -6.64. The zero-order chi connectivity index (χ0) is 39.3. The molecular formula is C57H46N2. The van der Waals surface area contributed by atoms with Crippen LogP contribution in [0.3, 0.4) is 0 Å². The van der Waals surface area contributed by atoms with Gasteiger partial charge in [0.05, 0.1) is 17.1 Å². The molecule has 0 bridgehead atoms. The molecule has 2 nitrogen and oxygen atoms in total. The van der Waals surface area contributed by atoms with E-state index in [1.807, 2.05) is 0 Å². The van der Waals surface area contributed by atoms with E-state index in [0.29, 0.717) is 0 Å². The Kier molecular flexibility index (Phi) is 7.54. The number of para-hydroxylation sites is 3. The van der Waals surface area contributed by atoms with Crippen molar-refractivity contribution in [2.24, 2.45) is 0 Å². The molecule has 4 aliphatic rings. The Morgan fingerprint density at radius 3 is 1.81 bits per heavy atom. The van der Waals surface area contributed by atoms with Crippen LogP contribution in [0.25, 0.3) is 34.1 Å². The van der Waals surface area contributed by atoms with Gasteiger partial charge in [-0.1, -0.05) is 159 Å². The Labute approximate surface area is 347 Å². The van der Waals surface area contributed by atoms with Crippen molar-refractivity contribution >= 4 is 51.4 Å². The van der Waals surface area contributed by atoms with E-state index < -0.39 is 0 Å². The van der Waals surface area contributed by atoms with Crippen LogP contribution in [0.4, 0.5) is 28.4 Å². The Morgan fingerprint density at radius 1 is 0.475 bits per heavy atom. The second kappa shape index (κ2) is 12.9. The van der Waals surface area contributed by atoms with Gasteiger partial charge in [0.25, 0.3) is 0 Å². The molecule has 2 aliphatic heterocycles. The summed E-state index contributed by atoms with van der Waals surface area (Å²) < 4.78 is 0. The second-order valence-electron chi connectivity index (χ2n) is 17.7. The number of anilines is 5. The van der Waals surface area contributed by atoms with E-state index in [9.17, 15) is 0 Å². The molecule has 1 spiro atoms. The van der Waals surface area contributed by atoms with Crippen LogP contribution < -0.4 is 9.80 Å². The first-order valence-corrected chi connectivity index (χ1v) is 21.4. The third-order valence-electron chi connectivity index (χ3n) is 14.2. The van der Waals surface area contributed by atoms with Crippen molar-refractivity contribution in [2.75, 3.05) is 16.3 Å². The molecule has 0 unspecified atom stereocenters. The van der Waals surface area contributed by atoms with Gasteiger partial charge in [-0.2, -0.15) is 0 Å². The van der Waals surface area contributed by atoms with Crippen LogP contribution in [0, 0.1) is 0 Å². The summed E-state index contributed by atoms with van der Waals surface area (Å²) in [6, 6.07) is 64.1. The van der Waals surface area contributed by atoms with Crippen LogP contribution in [0.5, 0.6) is 0 Å². The van der Waals surface area contributed by atoms with E-state index >= 15 is 0 Å². The number of nitrogens with zero attached hydrogens (tertiary/aromatic N) is 2. The summed E-state index contributed by atoms with van der Waals surface area (Å²) in [5.74, 6) is 0. The highest BCUT2D eigenvalue weighted by atomic mass is 15.2. The van der Waals surface area contributed by atoms with Crippen molar-refractivity contribution in [1.82, 2.24) is 0 Å². The zero-order valence-electron chi connectivity index (χ0n) is 33.8. The standard InChI is InChI=1S/C57H46N2/c1-56(2)48-21-6-9-24-54(48)59(55-25-10-7-22-49(55)56)53-26-12-19-44-39(17-11-20-47(44)53)29-27-38-28-31-45-46-32-30-43(58-33-13-18-40-14-5-8-23-52(40)58)35-51(46)57(50(45)34-38)36-41-15-3-4-16-42(41)37-57/h3-12,14-17,19-32,34-35H,13,18,33,36-37H2,1-2H3/b29-27+. The minimum Gasteiger partial charge on any atom is -0.341 e. The maximum Gasteiger partial charge on any atom is 0.0540 e. The molecule has 284 valence electrons. The van der Waals surface area contributed by atoms with Gasteiger partial charge < -0.3 is 9.80 Å². The number of rotatable bonds is 4. The molecule has 2 aliphatic carbocycles. The lowest BCUT2D eigenvalue weighted by molar-refractivity contribution is 0.563. The fraction of sp³-hybridized carbons (Fsp3) is 0.158. The quantitative estimate of drug-likeness (QED) is 0.165. The summed E-state index contributed by atoms with van der Waals surface area (Å²) >= 11 is 0. The smallest absolute Gasteiger partial charge is 0.0540 e. The fourth-order valence-corrected chi connectivity index (χ4v) is 11.3. The van der Waals surface area contributed by atoms with Crippen molar-refractivity contribution in [2.45, 2.75) is 50.4 Å². The minimum absolute atomic E-state index is 0.0898. The van der Waals surface area contributed by atoms with E-state index in [1.165, 1.54) is 107 Å². The number of fused-ring (bicyclic) bond motifs is 10. The molecule has 0 amide bonds. The highest BCUT2D eigenvalue weighted by molar-refractivity contribution is 6.04. The number of aryl methyl sites for hydroxylation is 1. The van der Waals surface area contributed by atoms with Crippen molar-refractivity contribution in [3.63, 3.8) is 0 Å². The Bertz CT molecular complexity index is 2960. The molecule has 0 fully saturated rings. The van der Waals surface area contributed by atoms with E-state index in [4.69, 9.17) is 0 Å². The van der Waals surface area contributed by atoms with Gasteiger partial charge in [0.1, 0.15) is 0 Å².